The van der Waals surface area contributed by atoms with Crippen LogP contribution in [0.1, 0.15) is 20.8 Å². The number of aliphatic hydroxyl groups excluding tert-OH is 2. The second-order valence-corrected chi connectivity index (χ2v) is 6.40. The lowest BCUT2D eigenvalue weighted by Gasteiger charge is -2.44. The van der Waals surface area contributed by atoms with Crippen molar-refractivity contribution in [1.82, 2.24) is 5.32 Å². The number of aliphatic hydroxyl groups is 2. The maximum atomic E-state index is 13.4. The van der Waals surface area contributed by atoms with Crippen LogP contribution in [-0.2, 0) is 14.3 Å². The third-order valence-electron chi connectivity index (χ3n) is 3.24. The van der Waals surface area contributed by atoms with Crippen LogP contribution in [0, 0.1) is 0 Å². The number of azide groups is 2. The average Bonchev–Trinajstić information content (AvgIpc) is 2.51. The van der Waals surface area contributed by atoms with Gasteiger partial charge < -0.3 is 25.0 Å². The molecule has 2 unspecified atom stereocenters. The van der Waals surface area contributed by atoms with Gasteiger partial charge >= 0.3 is 6.05 Å². The lowest BCUT2D eigenvalue weighted by atomic mass is 9.96. The van der Waals surface area contributed by atoms with E-state index in [1.807, 2.05) is 4.91 Å². The summed E-state index contributed by atoms with van der Waals surface area (Å²) >= 11 is 0. The van der Waals surface area contributed by atoms with Gasteiger partial charge in [0.2, 0.25) is 0 Å². The second kappa shape index (κ2) is 8.45. The lowest BCUT2D eigenvalue weighted by Crippen LogP contribution is -2.66. The molecular formula is C12H19F2N7O5. The summed E-state index contributed by atoms with van der Waals surface area (Å²) in [4.78, 5) is 16.0. The molecule has 5 atom stereocenters. The minimum absolute atomic E-state index is 0.367. The smallest absolute Gasteiger partial charge is 0.388 e. The molecule has 1 amide bonds. The number of carbonyl (C=O) groups is 1. The zero-order chi connectivity index (χ0) is 20.1. The van der Waals surface area contributed by atoms with Crippen LogP contribution in [0.2, 0.25) is 0 Å². The van der Waals surface area contributed by atoms with Gasteiger partial charge in [0.25, 0.3) is 5.91 Å². The number of alkyl halides is 2. The summed E-state index contributed by atoms with van der Waals surface area (Å²) < 4.78 is 37.7. The van der Waals surface area contributed by atoms with Gasteiger partial charge in [0, 0.05) is 9.82 Å². The molecule has 12 nitrogen and oxygen atoms in total. The minimum atomic E-state index is -4.42. The van der Waals surface area contributed by atoms with E-state index in [4.69, 9.17) is 20.5 Å². The Balaban J connectivity index is 3.09. The van der Waals surface area contributed by atoms with Gasteiger partial charge in [0.1, 0.15) is 18.2 Å². The molecule has 0 saturated carbocycles. The Labute approximate surface area is 146 Å². The highest BCUT2D eigenvalue weighted by molar-refractivity contribution is 5.83. The number of hydrogen-bond acceptors (Lipinski definition) is 7. The standard InChI is InChI=1S/C12H19F2N7O5/c1-11(2,3)26-9-6(18-10(24)12(13,14)19-21-16)8(23)7(22)5(25-9)4-17-20-15/h5-9,22-23H,4H2,1-3H3,(H,18,24)/t5?,6?,7-,8+,9+/m0/s1. The molecule has 0 aromatic rings. The van der Waals surface area contributed by atoms with Crippen LogP contribution in [0.3, 0.4) is 0 Å². The van der Waals surface area contributed by atoms with Crippen molar-refractivity contribution in [3.05, 3.63) is 20.9 Å². The molecule has 1 fully saturated rings. The van der Waals surface area contributed by atoms with Gasteiger partial charge in [0.05, 0.1) is 18.2 Å². The minimum Gasteiger partial charge on any atom is -0.388 e. The summed E-state index contributed by atoms with van der Waals surface area (Å²) in [5.41, 5.74) is 15.6. The van der Waals surface area contributed by atoms with Gasteiger partial charge in [-0.1, -0.05) is 5.11 Å². The van der Waals surface area contributed by atoms with Crippen LogP contribution >= 0.6 is 0 Å². The quantitative estimate of drug-likeness (QED) is 0.268. The summed E-state index contributed by atoms with van der Waals surface area (Å²) in [6.07, 6.45) is -6.11. The van der Waals surface area contributed by atoms with E-state index < -0.39 is 48.2 Å². The summed E-state index contributed by atoms with van der Waals surface area (Å²) in [7, 11) is 0. The average molecular weight is 379 g/mol. The van der Waals surface area contributed by atoms with E-state index in [9.17, 15) is 23.8 Å². The second-order valence-electron chi connectivity index (χ2n) is 6.40. The van der Waals surface area contributed by atoms with Crippen molar-refractivity contribution in [2.75, 3.05) is 6.54 Å². The summed E-state index contributed by atoms with van der Waals surface area (Å²) in [5.74, 6) is -2.01. The van der Waals surface area contributed by atoms with E-state index >= 15 is 0 Å². The van der Waals surface area contributed by atoms with Crippen LogP contribution in [0.25, 0.3) is 20.9 Å². The molecule has 1 saturated heterocycles. The lowest BCUT2D eigenvalue weighted by molar-refractivity contribution is -0.286. The zero-order valence-electron chi connectivity index (χ0n) is 14.2. The maximum absolute atomic E-state index is 13.4. The first-order valence-corrected chi connectivity index (χ1v) is 7.38. The molecule has 1 rings (SSSR count). The van der Waals surface area contributed by atoms with Gasteiger partial charge in [-0.05, 0) is 36.9 Å². The number of halogens is 2. The Morgan fingerprint density at radius 3 is 2.38 bits per heavy atom. The Kier molecular flexibility index (Phi) is 7.09. The number of nitrogens with one attached hydrogen (secondary N) is 1. The fourth-order valence-electron chi connectivity index (χ4n) is 2.14. The molecule has 1 aliphatic heterocycles. The Bertz CT molecular complexity index is 616. The molecule has 0 spiro atoms. The summed E-state index contributed by atoms with van der Waals surface area (Å²) in [6, 6.07) is -6.04. The Hall–Kier alpha value is -2.21. The van der Waals surface area contributed by atoms with Crippen LogP contribution in [-0.4, -0.2) is 65.0 Å². The predicted molar refractivity (Wildman–Crippen MR) is 81.5 cm³/mol. The summed E-state index contributed by atoms with van der Waals surface area (Å²) in [6.45, 7) is 4.44. The van der Waals surface area contributed by atoms with Crippen molar-refractivity contribution in [3.8, 4) is 0 Å². The number of ether oxygens (including phenoxy) is 2. The van der Waals surface area contributed by atoms with Crippen molar-refractivity contribution >= 4 is 5.91 Å². The molecule has 146 valence electrons. The zero-order valence-corrected chi connectivity index (χ0v) is 14.2. The molecular weight excluding hydrogens is 360 g/mol. The van der Waals surface area contributed by atoms with Gasteiger partial charge in [-0.2, -0.15) is 8.78 Å². The van der Waals surface area contributed by atoms with E-state index in [1.54, 1.807) is 26.1 Å². The SMILES string of the molecule is CC(C)(C)O[C@H]1OC(CN=[N+]=[N-])[C@H](O)[C@H](O)C1NC(=O)C(F)(F)N=[N+]=[N-]. The molecule has 0 radical (unpaired) electrons. The van der Waals surface area contributed by atoms with Crippen molar-refractivity contribution < 1.29 is 33.3 Å². The summed E-state index contributed by atoms with van der Waals surface area (Å²) in [5, 5.41) is 27.3. The molecule has 0 aliphatic carbocycles. The van der Waals surface area contributed by atoms with Crippen LogP contribution in [0.4, 0.5) is 8.78 Å². The van der Waals surface area contributed by atoms with E-state index in [1.165, 1.54) is 0 Å². The first-order chi connectivity index (χ1) is 11.9. The molecule has 0 aromatic heterocycles. The number of amides is 1. The van der Waals surface area contributed by atoms with Crippen LogP contribution in [0.15, 0.2) is 10.2 Å². The number of rotatable bonds is 6. The van der Waals surface area contributed by atoms with Gasteiger partial charge in [-0.3, -0.25) is 4.79 Å². The molecule has 14 heteroatoms. The van der Waals surface area contributed by atoms with E-state index in [2.05, 4.69) is 15.1 Å². The van der Waals surface area contributed by atoms with E-state index in [-0.39, 0.29) is 6.54 Å². The fourth-order valence-corrected chi connectivity index (χ4v) is 2.14. The van der Waals surface area contributed by atoms with Crippen molar-refractivity contribution in [2.24, 2.45) is 10.2 Å². The molecule has 26 heavy (non-hydrogen) atoms. The third-order valence-corrected chi connectivity index (χ3v) is 3.24. The maximum Gasteiger partial charge on any atom is 0.401 e. The van der Waals surface area contributed by atoms with E-state index in [0.29, 0.717) is 0 Å². The topological polar surface area (TPSA) is 186 Å². The Morgan fingerprint density at radius 1 is 1.27 bits per heavy atom. The van der Waals surface area contributed by atoms with Crippen molar-refractivity contribution in [2.45, 2.75) is 63.1 Å². The largest absolute Gasteiger partial charge is 0.401 e. The van der Waals surface area contributed by atoms with Gasteiger partial charge in [-0.15, -0.1) is 0 Å². The van der Waals surface area contributed by atoms with Gasteiger partial charge in [0.15, 0.2) is 6.29 Å². The first kappa shape index (κ1) is 21.8. The van der Waals surface area contributed by atoms with Crippen molar-refractivity contribution in [1.29, 1.82) is 0 Å². The van der Waals surface area contributed by atoms with E-state index in [0.717, 1.165) is 0 Å². The highest BCUT2D eigenvalue weighted by Crippen LogP contribution is 2.27. The van der Waals surface area contributed by atoms with Crippen LogP contribution in [0.5, 0.6) is 0 Å². The first-order valence-electron chi connectivity index (χ1n) is 7.38. The highest BCUT2D eigenvalue weighted by Gasteiger charge is 2.49. The number of nitrogens with zero attached hydrogens (tertiary/aromatic N) is 6. The monoisotopic (exact) mass is 379 g/mol. The van der Waals surface area contributed by atoms with Crippen LogP contribution < -0.4 is 5.32 Å². The molecule has 1 heterocycles. The van der Waals surface area contributed by atoms with Crippen molar-refractivity contribution in [3.63, 3.8) is 0 Å². The molecule has 1 aliphatic rings. The molecule has 0 bridgehead atoms. The highest BCUT2D eigenvalue weighted by atomic mass is 19.3. The fraction of sp³-hybridized carbons (Fsp3) is 0.917. The molecule has 0 aromatic carbocycles. The molecule has 3 N–H and O–H groups in total. The number of carbonyl (C=O) groups excluding carboxylic acids is 1. The van der Waals surface area contributed by atoms with Gasteiger partial charge in [-0.25, -0.2) is 0 Å². The predicted octanol–water partition coefficient (Wildman–Crippen LogP) is 0.946. The third kappa shape index (κ3) is 5.66. The number of hydrogen-bond donors (Lipinski definition) is 3. The normalized spacial score (nSPS) is 29.3. The Morgan fingerprint density at radius 2 is 1.88 bits per heavy atom.